The van der Waals surface area contributed by atoms with E-state index < -0.39 is 0 Å². The fourth-order valence-corrected chi connectivity index (χ4v) is 2.55. The summed E-state index contributed by atoms with van der Waals surface area (Å²) in [5.74, 6) is 0.0138. The van der Waals surface area contributed by atoms with E-state index in [0.717, 1.165) is 25.7 Å². The van der Waals surface area contributed by atoms with Crippen molar-refractivity contribution >= 4 is 5.91 Å². The van der Waals surface area contributed by atoms with Crippen molar-refractivity contribution in [2.75, 3.05) is 0 Å². The van der Waals surface area contributed by atoms with Crippen LogP contribution < -0.4 is 5.32 Å². The molecule has 1 amide bonds. The number of amides is 1. The molecule has 1 unspecified atom stereocenters. The van der Waals surface area contributed by atoms with Crippen molar-refractivity contribution in [2.24, 2.45) is 10.2 Å². The number of nitrogens with one attached hydrogen (secondary N) is 1. The lowest BCUT2D eigenvalue weighted by atomic mass is 9.88. The summed E-state index contributed by atoms with van der Waals surface area (Å²) < 4.78 is 1.70. The molecule has 0 radical (unpaired) electrons. The van der Waals surface area contributed by atoms with Crippen LogP contribution in [0.25, 0.3) is 0 Å². The molecule has 1 fully saturated rings. The Kier molecular flexibility index (Phi) is 2.88. The summed E-state index contributed by atoms with van der Waals surface area (Å²) in [5, 5.41) is 15.4. The van der Waals surface area contributed by atoms with E-state index in [4.69, 9.17) is 0 Å². The summed E-state index contributed by atoms with van der Waals surface area (Å²) in [7, 11) is 0. The zero-order valence-corrected chi connectivity index (χ0v) is 12.1. The fraction of sp³-hybridized carbons (Fsp3) is 0.769. The van der Waals surface area contributed by atoms with Gasteiger partial charge < -0.3 is 5.32 Å². The molecule has 0 bridgehead atoms. The average molecular weight is 276 g/mol. The van der Waals surface area contributed by atoms with Gasteiger partial charge in [0.2, 0.25) is 5.82 Å². The monoisotopic (exact) mass is 276 g/mol. The first-order valence-electron chi connectivity index (χ1n) is 7.05. The summed E-state index contributed by atoms with van der Waals surface area (Å²) in [6.45, 7) is 6.05. The molecule has 1 spiro atoms. The molecule has 2 aliphatic rings. The Bertz CT molecular complexity index is 549. The van der Waals surface area contributed by atoms with Crippen LogP contribution in [0.2, 0.25) is 0 Å². The maximum Gasteiger partial charge on any atom is 0.291 e. The van der Waals surface area contributed by atoms with Gasteiger partial charge in [-0.1, -0.05) is 0 Å². The number of hydrogen-bond donors (Lipinski definition) is 1. The Labute approximate surface area is 117 Å². The first-order valence-corrected chi connectivity index (χ1v) is 7.05. The minimum atomic E-state index is -0.212. The molecule has 1 aliphatic carbocycles. The molecule has 0 aromatic carbocycles. The van der Waals surface area contributed by atoms with Gasteiger partial charge in [-0.05, 0) is 40.0 Å². The molecule has 20 heavy (non-hydrogen) atoms. The SMILES string of the molecule is CC(C)(C)n1cnc(C(=O)NC2CCCC3(C2)N=N3)n1. The predicted octanol–water partition coefficient (Wildman–Crippen LogP) is 1.87. The fourth-order valence-electron chi connectivity index (χ4n) is 2.55. The van der Waals surface area contributed by atoms with Gasteiger partial charge in [-0.25, -0.2) is 9.67 Å². The van der Waals surface area contributed by atoms with Gasteiger partial charge in [0.15, 0.2) is 5.66 Å². The molecule has 1 aromatic heterocycles. The quantitative estimate of drug-likeness (QED) is 0.894. The lowest BCUT2D eigenvalue weighted by Gasteiger charge is -2.26. The number of carbonyl (C=O) groups excluding carboxylic acids is 1. The second-order valence-electron chi connectivity index (χ2n) is 6.63. The van der Waals surface area contributed by atoms with E-state index >= 15 is 0 Å². The largest absolute Gasteiger partial charge is 0.346 e. The maximum atomic E-state index is 12.2. The highest BCUT2D eigenvalue weighted by atomic mass is 16.2. The molecule has 108 valence electrons. The van der Waals surface area contributed by atoms with Gasteiger partial charge >= 0.3 is 0 Å². The van der Waals surface area contributed by atoms with Crippen molar-refractivity contribution in [2.45, 2.75) is 63.7 Å². The summed E-state index contributed by atoms with van der Waals surface area (Å²) in [6.07, 6.45) is 5.43. The van der Waals surface area contributed by atoms with Crippen LogP contribution in [-0.4, -0.2) is 32.4 Å². The van der Waals surface area contributed by atoms with Crippen molar-refractivity contribution < 1.29 is 4.79 Å². The van der Waals surface area contributed by atoms with Gasteiger partial charge in [-0.2, -0.15) is 10.2 Å². The van der Waals surface area contributed by atoms with E-state index in [1.807, 2.05) is 20.8 Å². The van der Waals surface area contributed by atoms with Crippen LogP contribution in [0.1, 0.15) is 57.1 Å². The smallest absolute Gasteiger partial charge is 0.291 e. The Hall–Kier alpha value is -1.79. The zero-order valence-electron chi connectivity index (χ0n) is 12.1. The summed E-state index contributed by atoms with van der Waals surface area (Å²) in [5.41, 5.74) is -0.361. The molecule has 3 rings (SSSR count). The number of carbonyl (C=O) groups is 1. The molecule has 0 saturated heterocycles. The van der Waals surface area contributed by atoms with Gasteiger partial charge in [-0.15, -0.1) is 5.10 Å². The minimum Gasteiger partial charge on any atom is -0.346 e. The van der Waals surface area contributed by atoms with Crippen molar-refractivity contribution in [1.82, 2.24) is 20.1 Å². The molecule has 1 aromatic rings. The van der Waals surface area contributed by atoms with E-state index in [-0.39, 0.29) is 29.0 Å². The molecular weight excluding hydrogens is 256 g/mol. The van der Waals surface area contributed by atoms with Crippen LogP contribution in [0, 0.1) is 0 Å². The zero-order chi connectivity index (χ0) is 14.4. The van der Waals surface area contributed by atoms with Crippen LogP contribution in [0.5, 0.6) is 0 Å². The Morgan fingerprint density at radius 3 is 2.80 bits per heavy atom. The van der Waals surface area contributed by atoms with E-state index in [0.29, 0.717) is 0 Å². The number of nitrogens with zero attached hydrogens (tertiary/aromatic N) is 5. The van der Waals surface area contributed by atoms with Gasteiger partial charge in [-0.3, -0.25) is 4.79 Å². The lowest BCUT2D eigenvalue weighted by Crippen LogP contribution is -2.41. The highest BCUT2D eigenvalue weighted by Crippen LogP contribution is 2.42. The lowest BCUT2D eigenvalue weighted by molar-refractivity contribution is 0.0911. The van der Waals surface area contributed by atoms with E-state index in [9.17, 15) is 4.79 Å². The van der Waals surface area contributed by atoms with Crippen molar-refractivity contribution in [1.29, 1.82) is 0 Å². The molecule has 1 N–H and O–H groups in total. The number of hydrogen-bond acceptors (Lipinski definition) is 5. The van der Waals surface area contributed by atoms with Crippen LogP contribution in [0.3, 0.4) is 0 Å². The minimum absolute atomic E-state index is 0.118. The highest BCUT2D eigenvalue weighted by molar-refractivity contribution is 5.90. The Morgan fingerprint density at radius 1 is 1.45 bits per heavy atom. The normalized spacial score (nSPS) is 23.9. The van der Waals surface area contributed by atoms with Gasteiger partial charge in [0.1, 0.15) is 6.33 Å². The van der Waals surface area contributed by atoms with Crippen molar-refractivity contribution in [3.8, 4) is 0 Å². The third-order valence-corrected chi connectivity index (χ3v) is 3.80. The average Bonchev–Trinajstić information content (AvgIpc) is 2.93. The Morgan fingerprint density at radius 2 is 2.20 bits per heavy atom. The van der Waals surface area contributed by atoms with Crippen LogP contribution in [-0.2, 0) is 5.54 Å². The second kappa shape index (κ2) is 4.36. The second-order valence-corrected chi connectivity index (χ2v) is 6.63. The van der Waals surface area contributed by atoms with Gasteiger partial charge in [0, 0.05) is 12.5 Å². The summed E-state index contributed by atoms with van der Waals surface area (Å²) in [6, 6.07) is 0.118. The number of rotatable bonds is 2. The molecule has 1 aliphatic heterocycles. The molecule has 1 atom stereocenters. The molecule has 7 heteroatoms. The maximum absolute atomic E-state index is 12.2. The highest BCUT2D eigenvalue weighted by Gasteiger charge is 2.44. The molecule has 1 saturated carbocycles. The van der Waals surface area contributed by atoms with Crippen LogP contribution in [0.15, 0.2) is 16.6 Å². The predicted molar refractivity (Wildman–Crippen MR) is 72.3 cm³/mol. The Balaban J connectivity index is 1.63. The molecule has 7 nitrogen and oxygen atoms in total. The third kappa shape index (κ3) is 2.57. The van der Waals surface area contributed by atoms with Crippen LogP contribution in [0.4, 0.5) is 0 Å². The van der Waals surface area contributed by atoms with E-state index in [1.54, 1.807) is 11.0 Å². The van der Waals surface area contributed by atoms with Gasteiger partial charge in [0.05, 0.1) is 5.54 Å². The molecule has 2 heterocycles. The number of aromatic nitrogens is 3. The summed E-state index contributed by atoms with van der Waals surface area (Å²) >= 11 is 0. The van der Waals surface area contributed by atoms with Crippen molar-refractivity contribution in [3.05, 3.63) is 12.2 Å². The van der Waals surface area contributed by atoms with Crippen molar-refractivity contribution in [3.63, 3.8) is 0 Å². The van der Waals surface area contributed by atoms with E-state index in [1.165, 1.54) is 0 Å². The first kappa shape index (κ1) is 13.2. The molecular formula is C13H20N6O. The first-order chi connectivity index (χ1) is 9.38. The van der Waals surface area contributed by atoms with Crippen LogP contribution >= 0.6 is 0 Å². The summed E-state index contributed by atoms with van der Waals surface area (Å²) in [4.78, 5) is 16.3. The van der Waals surface area contributed by atoms with E-state index in [2.05, 4.69) is 25.6 Å². The standard InChI is InChI=1S/C13H20N6O/c1-12(2,3)19-8-14-10(16-19)11(20)15-9-5-4-6-13(7-9)17-18-13/h8-9H,4-7H2,1-3H3,(H,15,20). The third-order valence-electron chi connectivity index (χ3n) is 3.80. The topological polar surface area (TPSA) is 84.5 Å². The van der Waals surface area contributed by atoms with Gasteiger partial charge in [0.25, 0.3) is 5.91 Å².